The van der Waals surface area contributed by atoms with Crippen molar-refractivity contribution >= 4 is 29.0 Å². The molecule has 3 aliphatic rings. The molecule has 10 heteroatoms. The standard InChI is InChI=1S/C24H25N7O2S/c1-24(2,3)33-23(32)30-16-11-17(30)14-29(13-16)22-27-20-18(15-5-4-8-25-12-15)6-7-19(31(20)28-22)21-26-9-10-34-21/h4-10,12,16-17H,11,13-14H2,1-3H3. The molecule has 3 fully saturated rings. The smallest absolute Gasteiger partial charge is 0.410 e. The van der Waals surface area contributed by atoms with Crippen LogP contribution in [0.2, 0.25) is 0 Å². The molecule has 0 N–H and O–H groups in total. The number of thiazole rings is 1. The molecule has 2 bridgehead atoms. The van der Waals surface area contributed by atoms with Crippen molar-refractivity contribution in [3.05, 3.63) is 48.2 Å². The number of ether oxygens (including phenoxy) is 1. The Kier molecular flexibility index (Phi) is 4.80. The molecule has 3 saturated heterocycles. The lowest BCUT2D eigenvalue weighted by atomic mass is 9.88. The number of hydrogen-bond donors (Lipinski definition) is 0. The van der Waals surface area contributed by atoms with Gasteiger partial charge < -0.3 is 9.64 Å². The summed E-state index contributed by atoms with van der Waals surface area (Å²) < 4.78 is 7.49. The first-order valence-electron chi connectivity index (χ1n) is 11.3. The van der Waals surface area contributed by atoms with Crippen LogP contribution in [0.15, 0.2) is 48.2 Å². The number of anilines is 1. The molecule has 34 heavy (non-hydrogen) atoms. The highest BCUT2D eigenvalue weighted by Crippen LogP contribution is 2.36. The van der Waals surface area contributed by atoms with E-state index in [9.17, 15) is 4.79 Å². The maximum atomic E-state index is 12.7. The van der Waals surface area contributed by atoms with Crippen molar-refractivity contribution in [2.24, 2.45) is 0 Å². The number of pyridine rings is 2. The molecule has 0 radical (unpaired) electrons. The van der Waals surface area contributed by atoms with Gasteiger partial charge in [-0.05, 0) is 45.4 Å². The van der Waals surface area contributed by atoms with E-state index < -0.39 is 5.60 Å². The topological polar surface area (TPSA) is 88.8 Å². The Morgan fingerprint density at radius 1 is 1.15 bits per heavy atom. The van der Waals surface area contributed by atoms with Gasteiger partial charge in [-0.1, -0.05) is 6.07 Å². The number of hydrogen-bond acceptors (Lipinski definition) is 8. The van der Waals surface area contributed by atoms with Crippen molar-refractivity contribution in [3.8, 4) is 21.8 Å². The molecule has 4 aromatic rings. The van der Waals surface area contributed by atoms with Crippen molar-refractivity contribution in [2.75, 3.05) is 18.0 Å². The Balaban J connectivity index is 1.35. The van der Waals surface area contributed by atoms with Crippen LogP contribution >= 0.6 is 11.3 Å². The number of amides is 1. The summed E-state index contributed by atoms with van der Waals surface area (Å²) in [6, 6.07) is 8.24. The van der Waals surface area contributed by atoms with Crippen LogP contribution in [0.25, 0.3) is 27.5 Å². The van der Waals surface area contributed by atoms with Crippen LogP contribution in [-0.2, 0) is 4.74 Å². The molecule has 9 nitrogen and oxygen atoms in total. The van der Waals surface area contributed by atoms with Crippen LogP contribution in [0, 0.1) is 0 Å². The molecule has 4 aromatic heterocycles. The third kappa shape index (κ3) is 3.58. The van der Waals surface area contributed by atoms with E-state index in [2.05, 4.69) is 20.9 Å². The SMILES string of the molecule is CC(C)(C)OC(=O)N1C2CC1CN(c1nc3c(-c4cccnc4)ccc(-c4nccs4)n3n1)C2. The number of fused-ring (bicyclic) bond motifs is 3. The zero-order valence-electron chi connectivity index (χ0n) is 19.3. The Labute approximate surface area is 201 Å². The fourth-order valence-corrected chi connectivity index (χ4v) is 5.38. The summed E-state index contributed by atoms with van der Waals surface area (Å²) in [5.74, 6) is 0.660. The third-order valence-electron chi connectivity index (χ3n) is 6.18. The second-order valence-corrected chi connectivity index (χ2v) is 10.6. The van der Waals surface area contributed by atoms with E-state index in [1.807, 2.05) is 60.0 Å². The predicted molar refractivity (Wildman–Crippen MR) is 130 cm³/mol. The largest absolute Gasteiger partial charge is 0.444 e. The molecule has 0 saturated carbocycles. The van der Waals surface area contributed by atoms with Crippen LogP contribution in [0.3, 0.4) is 0 Å². The second kappa shape index (κ2) is 7.76. The number of aromatic nitrogens is 5. The average molecular weight is 476 g/mol. The fraction of sp³-hybridized carbons (Fsp3) is 0.375. The Bertz CT molecular complexity index is 1340. The van der Waals surface area contributed by atoms with Gasteiger partial charge in [0.05, 0.1) is 12.1 Å². The highest BCUT2D eigenvalue weighted by Gasteiger charge is 2.49. The summed E-state index contributed by atoms with van der Waals surface area (Å²) in [5, 5.41) is 7.75. The van der Waals surface area contributed by atoms with Gasteiger partial charge in [0.15, 0.2) is 5.65 Å². The van der Waals surface area contributed by atoms with Crippen LogP contribution < -0.4 is 4.90 Å². The number of nitrogens with zero attached hydrogens (tertiary/aromatic N) is 7. The molecule has 174 valence electrons. The summed E-state index contributed by atoms with van der Waals surface area (Å²) >= 11 is 1.57. The van der Waals surface area contributed by atoms with Gasteiger partial charge in [0.1, 0.15) is 16.3 Å². The van der Waals surface area contributed by atoms with Crippen molar-refractivity contribution in [1.29, 1.82) is 0 Å². The molecule has 0 aliphatic carbocycles. The van der Waals surface area contributed by atoms with E-state index in [1.54, 1.807) is 23.7 Å². The fourth-order valence-electron chi connectivity index (χ4n) is 4.73. The van der Waals surface area contributed by atoms with Gasteiger partial charge in [0.2, 0.25) is 5.95 Å². The Morgan fingerprint density at radius 3 is 2.65 bits per heavy atom. The van der Waals surface area contributed by atoms with Crippen molar-refractivity contribution in [2.45, 2.75) is 44.9 Å². The van der Waals surface area contributed by atoms with Gasteiger partial charge in [-0.2, -0.15) is 4.98 Å². The Hall–Kier alpha value is -3.53. The molecule has 2 atom stereocenters. The zero-order chi connectivity index (χ0) is 23.4. The van der Waals surface area contributed by atoms with Gasteiger partial charge >= 0.3 is 6.09 Å². The molecule has 1 amide bonds. The summed E-state index contributed by atoms with van der Waals surface area (Å²) in [6.45, 7) is 7.05. The molecule has 3 aliphatic heterocycles. The second-order valence-electron chi connectivity index (χ2n) is 9.69. The maximum Gasteiger partial charge on any atom is 0.410 e. The molecule has 0 spiro atoms. The van der Waals surface area contributed by atoms with Gasteiger partial charge in [-0.25, -0.2) is 14.3 Å². The molecule has 7 heterocycles. The van der Waals surface area contributed by atoms with E-state index >= 15 is 0 Å². The van der Waals surface area contributed by atoms with Gasteiger partial charge in [0, 0.05) is 48.2 Å². The lowest BCUT2D eigenvalue weighted by Gasteiger charge is -2.55. The van der Waals surface area contributed by atoms with Gasteiger partial charge in [-0.3, -0.25) is 9.88 Å². The quantitative estimate of drug-likeness (QED) is 0.440. The summed E-state index contributed by atoms with van der Waals surface area (Å²) in [4.78, 5) is 30.4. The summed E-state index contributed by atoms with van der Waals surface area (Å²) in [6.07, 6.45) is 6.13. The third-order valence-corrected chi connectivity index (χ3v) is 6.97. The highest BCUT2D eigenvalue weighted by molar-refractivity contribution is 7.13. The van der Waals surface area contributed by atoms with E-state index in [1.165, 1.54) is 0 Å². The first-order chi connectivity index (χ1) is 16.4. The number of rotatable bonds is 3. The van der Waals surface area contributed by atoms with Crippen LogP contribution in [0.1, 0.15) is 27.2 Å². The monoisotopic (exact) mass is 475 g/mol. The van der Waals surface area contributed by atoms with E-state index in [0.717, 1.165) is 33.9 Å². The van der Waals surface area contributed by atoms with Crippen molar-refractivity contribution in [3.63, 3.8) is 0 Å². The summed E-state index contributed by atoms with van der Waals surface area (Å²) in [5.41, 5.74) is 3.10. The van der Waals surface area contributed by atoms with E-state index in [4.69, 9.17) is 14.8 Å². The normalized spacial score (nSPS) is 19.9. The highest BCUT2D eigenvalue weighted by atomic mass is 32.1. The van der Waals surface area contributed by atoms with Crippen LogP contribution in [0.5, 0.6) is 0 Å². The van der Waals surface area contributed by atoms with E-state index in [-0.39, 0.29) is 18.2 Å². The molecular formula is C24H25N7O2S. The average Bonchev–Trinajstić information content (AvgIpc) is 3.48. The first-order valence-corrected chi connectivity index (χ1v) is 12.2. The minimum Gasteiger partial charge on any atom is -0.444 e. The Morgan fingerprint density at radius 2 is 1.97 bits per heavy atom. The number of piperazine rings is 1. The zero-order valence-corrected chi connectivity index (χ0v) is 20.1. The lowest BCUT2D eigenvalue weighted by Crippen LogP contribution is -2.70. The lowest BCUT2D eigenvalue weighted by molar-refractivity contribution is -0.0381. The number of carbonyl (C=O) groups excluding carboxylic acids is 1. The predicted octanol–water partition coefficient (Wildman–Crippen LogP) is 4.11. The minimum atomic E-state index is -0.501. The number of carbonyl (C=O) groups is 1. The minimum absolute atomic E-state index is 0.108. The molecule has 0 aromatic carbocycles. The van der Waals surface area contributed by atoms with Crippen LogP contribution in [0.4, 0.5) is 10.7 Å². The van der Waals surface area contributed by atoms with Crippen molar-refractivity contribution in [1.82, 2.24) is 29.5 Å². The number of piperidine rings is 1. The first kappa shape index (κ1) is 21.0. The van der Waals surface area contributed by atoms with Crippen LogP contribution in [-0.4, -0.2) is 66.3 Å². The van der Waals surface area contributed by atoms with Gasteiger partial charge in [0.25, 0.3) is 0 Å². The summed E-state index contributed by atoms with van der Waals surface area (Å²) in [7, 11) is 0. The molecular weight excluding hydrogens is 450 g/mol. The van der Waals surface area contributed by atoms with E-state index in [0.29, 0.717) is 19.0 Å². The molecule has 2 unspecified atom stereocenters. The molecule has 7 rings (SSSR count). The van der Waals surface area contributed by atoms with Crippen molar-refractivity contribution < 1.29 is 9.53 Å². The van der Waals surface area contributed by atoms with Gasteiger partial charge in [-0.15, -0.1) is 16.4 Å². The maximum absolute atomic E-state index is 12.7.